The highest BCUT2D eigenvalue weighted by atomic mass is 32.2. The van der Waals surface area contributed by atoms with Gasteiger partial charge in [0.15, 0.2) is 10.8 Å². The molecule has 1 aromatic carbocycles. The lowest BCUT2D eigenvalue weighted by molar-refractivity contribution is -0.388. The number of nitro groups is 1. The van der Waals surface area contributed by atoms with Gasteiger partial charge in [0, 0.05) is 6.07 Å². The van der Waals surface area contributed by atoms with E-state index < -0.39 is 59.2 Å². The molecular formula is C10H8F3NO6S2. The van der Waals surface area contributed by atoms with Crippen LogP contribution in [0.1, 0.15) is 0 Å². The molecular weight excluding hydrogens is 351 g/mol. The van der Waals surface area contributed by atoms with Crippen molar-refractivity contribution in [2.45, 2.75) is 15.3 Å². The molecule has 7 nitrogen and oxygen atoms in total. The minimum absolute atomic E-state index is 0.425. The summed E-state index contributed by atoms with van der Waals surface area (Å²) >= 11 is 0. The Kier molecular flexibility index (Phi) is 5.77. The molecule has 0 saturated heterocycles. The standard InChI is InChI=1S/C10H8F3NO6S2/c1-20-9(15)5-21(18)8-3-2-6(4-7(8)14(16)17)22(19)10(11,12)13/h2-4H,5H2,1H3/t21-,22+/m0/s1. The van der Waals surface area contributed by atoms with Crippen LogP contribution in [0.2, 0.25) is 0 Å². The summed E-state index contributed by atoms with van der Waals surface area (Å²) in [5, 5.41) is 10.9. The number of alkyl halides is 3. The molecule has 0 N–H and O–H groups in total. The lowest BCUT2D eigenvalue weighted by atomic mass is 10.3. The molecule has 0 spiro atoms. The van der Waals surface area contributed by atoms with E-state index >= 15 is 0 Å². The largest absolute Gasteiger partial charge is 0.475 e. The number of methoxy groups -OCH3 is 1. The van der Waals surface area contributed by atoms with E-state index in [4.69, 9.17) is 0 Å². The van der Waals surface area contributed by atoms with Gasteiger partial charge in [0.25, 0.3) is 5.69 Å². The van der Waals surface area contributed by atoms with Crippen molar-refractivity contribution in [3.63, 3.8) is 0 Å². The first-order valence-corrected chi connectivity index (χ1v) is 7.77. The zero-order valence-electron chi connectivity index (χ0n) is 10.8. The summed E-state index contributed by atoms with van der Waals surface area (Å²) in [5.74, 6) is -1.60. The number of rotatable bonds is 5. The van der Waals surface area contributed by atoms with Crippen LogP contribution in [0.4, 0.5) is 18.9 Å². The summed E-state index contributed by atoms with van der Waals surface area (Å²) in [6.07, 6.45) is 0. The highest BCUT2D eigenvalue weighted by molar-refractivity contribution is 7.86. The van der Waals surface area contributed by atoms with E-state index in [0.717, 1.165) is 13.2 Å². The average molecular weight is 359 g/mol. The fourth-order valence-electron chi connectivity index (χ4n) is 1.33. The predicted molar refractivity (Wildman–Crippen MR) is 68.9 cm³/mol. The number of hydrogen-bond donors (Lipinski definition) is 0. The average Bonchev–Trinajstić information content (AvgIpc) is 2.44. The van der Waals surface area contributed by atoms with E-state index in [1.165, 1.54) is 0 Å². The Hall–Kier alpha value is -1.82. The fraction of sp³-hybridized carbons (Fsp3) is 0.300. The van der Waals surface area contributed by atoms with Gasteiger partial charge in [-0.2, -0.15) is 13.2 Å². The van der Waals surface area contributed by atoms with Crippen LogP contribution < -0.4 is 0 Å². The maximum Gasteiger partial charge on any atom is 0.475 e. The summed E-state index contributed by atoms with van der Waals surface area (Å²) in [6.45, 7) is 0. The minimum Gasteiger partial charge on any atom is -0.468 e. The summed E-state index contributed by atoms with van der Waals surface area (Å²) in [7, 11) is -4.62. The van der Waals surface area contributed by atoms with E-state index in [9.17, 15) is 36.5 Å². The molecule has 1 aromatic rings. The van der Waals surface area contributed by atoms with Gasteiger partial charge in [-0.25, -0.2) is 4.21 Å². The van der Waals surface area contributed by atoms with Gasteiger partial charge in [0.1, 0.15) is 10.6 Å². The molecule has 0 fully saturated rings. The molecule has 0 aliphatic rings. The SMILES string of the molecule is COC(=O)C[S@](=O)c1ccc([S@@](=O)C(F)(F)F)cc1[N+](=O)[O-]. The smallest absolute Gasteiger partial charge is 0.468 e. The van der Waals surface area contributed by atoms with Crippen LogP contribution in [0.3, 0.4) is 0 Å². The number of halogens is 3. The zero-order chi connectivity index (χ0) is 17.1. The highest BCUT2D eigenvalue weighted by Crippen LogP contribution is 2.31. The number of carbonyl (C=O) groups excluding carboxylic acids is 1. The molecule has 0 bridgehead atoms. The molecule has 1 rings (SSSR count). The molecule has 22 heavy (non-hydrogen) atoms. The second kappa shape index (κ2) is 6.96. The Bertz CT molecular complexity index is 661. The Morgan fingerprint density at radius 1 is 1.36 bits per heavy atom. The molecule has 0 radical (unpaired) electrons. The van der Waals surface area contributed by atoms with Crippen molar-refractivity contribution in [2.24, 2.45) is 0 Å². The molecule has 0 aliphatic carbocycles. The van der Waals surface area contributed by atoms with E-state index in [2.05, 4.69) is 4.74 Å². The van der Waals surface area contributed by atoms with Gasteiger partial charge in [-0.05, 0) is 12.1 Å². The molecule has 0 aromatic heterocycles. The van der Waals surface area contributed by atoms with Crippen LogP contribution in [0, 0.1) is 10.1 Å². The van der Waals surface area contributed by atoms with Gasteiger partial charge >= 0.3 is 11.5 Å². The second-order valence-electron chi connectivity index (χ2n) is 3.67. The van der Waals surface area contributed by atoms with E-state index in [-0.39, 0.29) is 0 Å². The zero-order valence-corrected chi connectivity index (χ0v) is 12.4. The molecule has 0 saturated carbocycles. The van der Waals surface area contributed by atoms with Crippen molar-refractivity contribution < 1.29 is 36.0 Å². The summed E-state index contributed by atoms with van der Waals surface area (Å²) in [5.41, 5.74) is -6.00. The van der Waals surface area contributed by atoms with Crippen LogP contribution in [-0.2, 0) is 31.1 Å². The van der Waals surface area contributed by atoms with Crippen molar-refractivity contribution in [1.82, 2.24) is 0 Å². The number of benzene rings is 1. The molecule has 0 amide bonds. The Morgan fingerprint density at radius 3 is 2.41 bits per heavy atom. The Balaban J connectivity index is 3.27. The second-order valence-corrected chi connectivity index (χ2v) is 6.56. The number of esters is 1. The maximum absolute atomic E-state index is 12.4. The van der Waals surface area contributed by atoms with Crippen molar-refractivity contribution in [3.8, 4) is 0 Å². The van der Waals surface area contributed by atoms with E-state index in [1.54, 1.807) is 0 Å². The predicted octanol–water partition coefficient (Wildman–Crippen LogP) is 1.50. The fourth-order valence-corrected chi connectivity index (χ4v) is 3.08. The van der Waals surface area contributed by atoms with Gasteiger partial charge in [-0.15, -0.1) is 0 Å². The monoisotopic (exact) mass is 359 g/mol. The third-order valence-electron chi connectivity index (χ3n) is 2.27. The van der Waals surface area contributed by atoms with Crippen LogP contribution in [-0.4, -0.2) is 37.7 Å². The number of ether oxygens (including phenoxy) is 1. The van der Waals surface area contributed by atoms with Crippen LogP contribution in [0.15, 0.2) is 28.0 Å². The summed E-state index contributed by atoms with van der Waals surface area (Å²) in [4.78, 5) is 19.5. The van der Waals surface area contributed by atoms with Crippen molar-refractivity contribution in [3.05, 3.63) is 28.3 Å². The number of hydrogen-bond acceptors (Lipinski definition) is 6. The maximum atomic E-state index is 12.4. The quantitative estimate of drug-likeness (QED) is 0.448. The highest BCUT2D eigenvalue weighted by Gasteiger charge is 2.39. The molecule has 0 aliphatic heterocycles. The lowest BCUT2D eigenvalue weighted by Crippen LogP contribution is -2.17. The normalized spacial score (nSPS) is 14.2. The summed E-state index contributed by atoms with van der Waals surface area (Å²) in [6, 6.07) is 1.91. The van der Waals surface area contributed by atoms with Crippen molar-refractivity contribution in [1.29, 1.82) is 0 Å². The summed E-state index contributed by atoms with van der Waals surface area (Å²) < 4.78 is 64.3. The molecule has 122 valence electrons. The van der Waals surface area contributed by atoms with Crippen molar-refractivity contribution >= 4 is 33.3 Å². The minimum atomic E-state index is -5.08. The lowest BCUT2D eigenvalue weighted by Gasteiger charge is -2.08. The first-order valence-electron chi connectivity index (χ1n) is 5.30. The number of nitro benzene ring substituents is 1. The molecule has 12 heteroatoms. The number of nitrogens with zero attached hydrogens (tertiary/aromatic N) is 1. The third kappa shape index (κ3) is 4.34. The first-order chi connectivity index (χ1) is 10.1. The van der Waals surface area contributed by atoms with Gasteiger partial charge < -0.3 is 4.74 Å². The van der Waals surface area contributed by atoms with Crippen molar-refractivity contribution in [2.75, 3.05) is 12.9 Å². The van der Waals surface area contributed by atoms with Gasteiger partial charge in [-0.3, -0.25) is 19.1 Å². The van der Waals surface area contributed by atoms with Crippen LogP contribution >= 0.6 is 0 Å². The topological polar surface area (TPSA) is 104 Å². The van der Waals surface area contributed by atoms with Gasteiger partial charge in [0.2, 0.25) is 0 Å². The molecule has 0 heterocycles. The van der Waals surface area contributed by atoms with Crippen LogP contribution in [0.5, 0.6) is 0 Å². The Labute approximate surface area is 126 Å². The first kappa shape index (κ1) is 18.2. The molecule has 0 unspecified atom stereocenters. The van der Waals surface area contributed by atoms with Gasteiger partial charge in [-0.1, -0.05) is 0 Å². The number of carbonyl (C=O) groups is 1. The van der Waals surface area contributed by atoms with E-state index in [1.807, 2.05) is 0 Å². The third-order valence-corrected chi connectivity index (χ3v) is 4.71. The Morgan fingerprint density at radius 2 is 1.95 bits per heavy atom. The van der Waals surface area contributed by atoms with E-state index in [0.29, 0.717) is 12.1 Å². The molecule has 2 atom stereocenters. The van der Waals surface area contributed by atoms with Gasteiger partial charge in [0.05, 0.1) is 27.7 Å². The van der Waals surface area contributed by atoms with Crippen LogP contribution in [0.25, 0.3) is 0 Å².